The number of pyridine rings is 1. The molecule has 23 heavy (non-hydrogen) atoms. The maximum Gasteiger partial charge on any atom is 0.207 e. The third-order valence-electron chi connectivity index (χ3n) is 4.49. The molecule has 0 fully saturated rings. The molecule has 2 unspecified atom stereocenters. The SMILES string of the molecule is COC1=CC2C(=O)c3c(nc4ccccc4c3C)C(=O)C2N=C1. The Bertz CT molecular complexity index is 927. The normalized spacial score (nSPS) is 22.6. The molecule has 0 amide bonds. The molecule has 2 heterocycles. The van der Waals surface area contributed by atoms with Crippen LogP contribution in [0.1, 0.15) is 26.4 Å². The standard InChI is InChI=1S/C18H14N2O3/c1-9-11-5-3-4-6-13(11)20-16-14(9)17(21)12-7-10(23-2)8-19-15(12)18(16)22/h3-8,12,15H,1-2H3. The molecule has 0 saturated carbocycles. The lowest BCUT2D eigenvalue weighted by Crippen LogP contribution is -2.41. The van der Waals surface area contributed by atoms with Gasteiger partial charge >= 0.3 is 0 Å². The van der Waals surface area contributed by atoms with Crippen LogP contribution in [0, 0.1) is 12.8 Å². The van der Waals surface area contributed by atoms with E-state index in [1.54, 1.807) is 6.08 Å². The number of benzene rings is 1. The van der Waals surface area contributed by atoms with Gasteiger partial charge in [-0.2, -0.15) is 0 Å². The van der Waals surface area contributed by atoms with Crippen molar-refractivity contribution in [2.45, 2.75) is 13.0 Å². The van der Waals surface area contributed by atoms with Gasteiger partial charge in [0.2, 0.25) is 5.78 Å². The van der Waals surface area contributed by atoms with Gasteiger partial charge in [0, 0.05) is 5.39 Å². The smallest absolute Gasteiger partial charge is 0.207 e. The predicted octanol–water partition coefficient (Wildman–Crippen LogP) is 2.52. The molecule has 1 aromatic heterocycles. The molecule has 1 aromatic carbocycles. The Morgan fingerprint density at radius 2 is 1.91 bits per heavy atom. The molecule has 0 saturated heterocycles. The largest absolute Gasteiger partial charge is 0.495 e. The van der Waals surface area contributed by atoms with E-state index in [0.29, 0.717) is 11.3 Å². The van der Waals surface area contributed by atoms with Crippen molar-refractivity contribution in [3.05, 3.63) is 52.9 Å². The van der Waals surface area contributed by atoms with E-state index in [-0.39, 0.29) is 17.3 Å². The van der Waals surface area contributed by atoms with Gasteiger partial charge in [-0.15, -0.1) is 0 Å². The Balaban J connectivity index is 1.99. The van der Waals surface area contributed by atoms with Gasteiger partial charge in [-0.05, 0) is 24.6 Å². The van der Waals surface area contributed by atoms with Gasteiger partial charge in [0.15, 0.2) is 5.78 Å². The Kier molecular flexibility index (Phi) is 2.91. The number of allylic oxidation sites excluding steroid dienone is 1. The third kappa shape index (κ3) is 1.86. The van der Waals surface area contributed by atoms with E-state index in [9.17, 15) is 9.59 Å². The lowest BCUT2D eigenvalue weighted by atomic mass is 9.77. The van der Waals surface area contributed by atoms with Crippen molar-refractivity contribution in [1.29, 1.82) is 0 Å². The van der Waals surface area contributed by atoms with Gasteiger partial charge in [-0.1, -0.05) is 18.2 Å². The average molecular weight is 306 g/mol. The van der Waals surface area contributed by atoms with Crippen LogP contribution in [-0.2, 0) is 4.74 Å². The van der Waals surface area contributed by atoms with E-state index in [0.717, 1.165) is 16.5 Å². The zero-order valence-electron chi connectivity index (χ0n) is 12.7. The summed E-state index contributed by atoms with van der Waals surface area (Å²) in [6, 6.07) is 6.79. The van der Waals surface area contributed by atoms with Crippen LogP contribution in [0.4, 0.5) is 0 Å². The molecule has 5 heteroatoms. The van der Waals surface area contributed by atoms with Crippen molar-refractivity contribution in [3.63, 3.8) is 0 Å². The molecule has 2 aromatic rings. The maximum atomic E-state index is 13.0. The molecule has 2 atom stereocenters. The van der Waals surface area contributed by atoms with Crippen LogP contribution >= 0.6 is 0 Å². The fourth-order valence-corrected chi connectivity index (χ4v) is 3.29. The number of aromatic nitrogens is 1. The molecular formula is C18H14N2O3. The lowest BCUT2D eigenvalue weighted by Gasteiger charge is -2.29. The summed E-state index contributed by atoms with van der Waals surface area (Å²) in [5, 5.41) is 0.890. The zero-order valence-corrected chi connectivity index (χ0v) is 12.7. The molecule has 0 radical (unpaired) electrons. The minimum atomic E-state index is -0.734. The average Bonchev–Trinajstić information content (AvgIpc) is 2.59. The molecule has 1 aliphatic heterocycles. The van der Waals surface area contributed by atoms with E-state index in [4.69, 9.17) is 4.74 Å². The number of hydrogen-bond donors (Lipinski definition) is 0. The molecule has 5 nitrogen and oxygen atoms in total. The Labute approximate surface area is 132 Å². The number of ketones is 2. The van der Waals surface area contributed by atoms with E-state index < -0.39 is 12.0 Å². The summed E-state index contributed by atoms with van der Waals surface area (Å²) in [4.78, 5) is 34.4. The second kappa shape index (κ2) is 4.84. The number of carbonyl (C=O) groups is 2. The summed E-state index contributed by atoms with van der Waals surface area (Å²) in [6.07, 6.45) is 3.17. The third-order valence-corrected chi connectivity index (χ3v) is 4.49. The number of dihydropyridines is 1. The summed E-state index contributed by atoms with van der Waals surface area (Å²) < 4.78 is 5.14. The number of para-hydroxylation sites is 1. The molecule has 0 N–H and O–H groups in total. The van der Waals surface area contributed by atoms with Crippen molar-refractivity contribution in [1.82, 2.24) is 4.98 Å². The first kappa shape index (κ1) is 13.8. The van der Waals surface area contributed by atoms with Gasteiger partial charge in [-0.3, -0.25) is 14.6 Å². The van der Waals surface area contributed by atoms with Gasteiger partial charge in [-0.25, -0.2) is 4.98 Å². The summed E-state index contributed by atoms with van der Waals surface area (Å²) in [7, 11) is 1.52. The Morgan fingerprint density at radius 3 is 2.70 bits per heavy atom. The second-order valence-electron chi connectivity index (χ2n) is 5.73. The number of Topliss-reactive ketones (excluding diaryl/α,β-unsaturated/α-hetero) is 2. The number of fused-ring (bicyclic) bond motifs is 3. The van der Waals surface area contributed by atoms with Gasteiger partial charge in [0.25, 0.3) is 0 Å². The summed E-state index contributed by atoms with van der Waals surface area (Å²) >= 11 is 0. The van der Waals surface area contributed by atoms with Crippen LogP contribution in [0.3, 0.4) is 0 Å². The van der Waals surface area contributed by atoms with Crippen LogP contribution in [0.25, 0.3) is 10.9 Å². The number of methoxy groups -OCH3 is 1. The lowest BCUT2D eigenvalue weighted by molar-refractivity contribution is 0.0817. The molecule has 4 rings (SSSR count). The highest BCUT2D eigenvalue weighted by Gasteiger charge is 2.43. The molecule has 0 bridgehead atoms. The highest BCUT2D eigenvalue weighted by Crippen LogP contribution is 2.34. The monoisotopic (exact) mass is 306 g/mol. The van der Waals surface area contributed by atoms with E-state index in [1.165, 1.54) is 13.3 Å². The summed E-state index contributed by atoms with van der Waals surface area (Å²) in [5.74, 6) is -0.438. The fraction of sp³-hybridized carbons (Fsp3) is 0.222. The van der Waals surface area contributed by atoms with Gasteiger partial charge < -0.3 is 4.74 Å². The fourth-order valence-electron chi connectivity index (χ4n) is 3.29. The van der Waals surface area contributed by atoms with Gasteiger partial charge in [0.05, 0.1) is 30.3 Å². The molecule has 0 spiro atoms. The van der Waals surface area contributed by atoms with Gasteiger partial charge in [0.1, 0.15) is 17.5 Å². The highest BCUT2D eigenvalue weighted by molar-refractivity contribution is 6.20. The molecule has 114 valence electrons. The maximum absolute atomic E-state index is 13.0. The molecular weight excluding hydrogens is 292 g/mol. The first-order valence-electron chi connectivity index (χ1n) is 7.38. The Morgan fingerprint density at radius 1 is 1.13 bits per heavy atom. The van der Waals surface area contributed by atoms with Crippen LogP contribution in [0.2, 0.25) is 0 Å². The number of ether oxygens (including phenoxy) is 1. The zero-order chi connectivity index (χ0) is 16.1. The first-order chi connectivity index (χ1) is 11.1. The Hall–Kier alpha value is -2.82. The highest BCUT2D eigenvalue weighted by atomic mass is 16.5. The second-order valence-corrected chi connectivity index (χ2v) is 5.73. The first-order valence-corrected chi connectivity index (χ1v) is 7.38. The van der Waals surface area contributed by atoms with Crippen LogP contribution in [0.5, 0.6) is 0 Å². The van der Waals surface area contributed by atoms with Crippen LogP contribution in [-0.4, -0.2) is 35.9 Å². The van der Waals surface area contributed by atoms with E-state index in [1.807, 2.05) is 31.2 Å². The molecule has 1 aliphatic carbocycles. The number of hydrogen-bond acceptors (Lipinski definition) is 5. The quantitative estimate of drug-likeness (QED) is 0.812. The number of aliphatic imine (C=N–C) groups is 1. The summed E-state index contributed by atoms with van der Waals surface area (Å²) in [5.41, 5.74) is 2.17. The minimum Gasteiger partial charge on any atom is -0.495 e. The van der Waals surface area contributed by atoms with Crippen molar-refractivity contribution in [3.8, 4) is 0 Å². The number of rotatable bonds is 1. The number of carbonyl (C=O) groups excluding carboxylic acids is 2. The van der Waals surface area contributed by atoms with Crippen LogP contribution < -0.4 is 0 Å². The van der Waals surface area contributed by atoms with Crippen molar-refractivity contribution >= 4 is 28.7 Å². The van der Waals surface area contributed by atoms with Crippen molar-refractivity contribution in [2.75, 3.05) is 7.11 Å². The van der Waals surface area contributed by atoms with E-state index >= 15 is 0 Å². The van der Waals surface area contributed by atoms with Crippen molar-refractivity contribution < 1.29 is 14.3 Å². The number of nitrogens with zero attached hydrogens (tertiary/aromatic N) is 2. The number of aryl methyl sites for hydroxylation is 1. The minimum absolute atomic E-state index is 0.119. The topological polar surface area (TPSA) is 68.6 Å². The van der Waals surface area contributed by atoms with Crippen LogP contribution in [0.15, 0.2) is 41.1 Å². The van der Waals surface area contributed by atoms with E-state index in [2.05, 4.69) is 9.98 Å². The van der Waals surface area contributed by atoms with Crippen molar-refractivity contribution in [2.24, 2.45) is 10.9 Å². The molecule has 2 aliphatic rings. The summed E-state index contributed by atoms with van der Waals surface area (Å²) in [6.45, 7) is 1.86. The predicted molar refractivity (Wildman–Crippen MR) is 86.0 cm³/mol.